The maximum atomic E-state index is 8.39. The largest absolute Gasteiger partial charge is 0.238 e. The Labute approximate surface area is 83.6 Å². The van der Waals surface area contributed by atoms with E-state index >= 15 is 0 Å². The predicted octanol–water partition coefficient (Wildman–Crippen LogP) is -0.644. The van der Waals surface area contributed by atoms with E-state index in [1.807, 2.05) is 10.0 Å². The molecule has 1 heterocycles. The molecule has 0 unspecified atom stereocenters. The van der Waals surface area contributed by atoms with Crippen LogP contribution < -0.4 is 10.9 Å². The number of rotatable bonds is 4. The summed E-state index contributed by atoms with van der Waals surface area (Å²) in [6, 6.07) is 4.19. The van der Waals surface area contributed by atoms with Gasteiger partial charge in [0.25, 0.3) is 0 Å². The average Bonchev–Trinajstić information content (AvgIpc) is 2.25. The van der Waals surface area contributed by atoms with E-state index in [9.17, 15) is 0 Å². The minimum absolute atomic E-state index is 0.521. The number of hydrogen-bond acceptors (Lipinski definition) is 6. The Balaban J connectivity index is 2.12. The molecule has 1 aliphatic rings. The van der Waals surface area contributed by atoms with Crippen molar-refractivity contribution in [1.82, 2.24) is 20.9 Å². The molecule has 1 rings (SSSR count). The van der Waals surface area contributed by atoms with Crippen molar-refractivity contribution in [2.45, 2.75) is 12.8 Å². The van der Waals surface area contributed by atoms with Crippen molar-refractivity contribution in [3.8, 4) is 12.1 Å². The van der Waals surface area contributed by atoms with E-state index in [0.29, 0.717) is 26.2 Å². The monoisotopic (exact) mass is 194 g/mol. The lowest BCUT2D eigenvalue weighted by atomic mass is 10.4. The van der Waals surface area contributed by atoms with Gasteiger partial charge in [-0.25, -0.2) is 20.9 Å². The van der Waals surface area contributed by atoms with Gasteiger partial charge >= 0.3 is 0 Å². The second kappa shape index (κ2) is 6.30. The lowest BCUT2D eigenvalue weighted by Gasteiger charge is -2.35. The second-order valence-electron chi connectivity index (χ2n) is 2.98. The van der Waals surface area contributed by atoms with E-state index in [0.717, 1.165) is 13.1 Å². The number of nitriles is 2. The summed E-state index contributed by atoms with van der Waals surface area (Å²) in [5.74, 6) is 0. The molecule has 0 amide bonds. The maximum absolute atomic E-state index is 8.39. The van der Waals surface area contributed by atoms with Crippen LogP contribution in [0.1, 0.15) is 12.8 Å². The summed E-state index contributed by atoms with van der Waals surface area (Å²) < 4.78 is 0. The maximum Gasteiger partial charge on any atom is 0.0755 e. The molecular formula is C8H14N6. The van der Waals surface area contributed by atoms with Crippen molar-refractivity contribution >= 4 is 0 Å². The quantitative estimate of drug-likeness (QED) is 0.619. The van der Waals surface area contributed by atoms with E-state index in [-0.39, 0.29) is 0 Å². The van der Waals surface area contributed by atoms with Crippen LogP contribution in [0.15, 0.2) is 0 Å². The third kappa shape index (κ3) is 3.69. The molecule has 0 aromatic rings. The first-order chi connectivity index (χ1) is 6.86. The molecule has 1 aliphatic heterocycles. The van der Waals surface area contributed by atoms with Crippen molar-refractivity contribution in [3.05, 3.63) is 0 Å². The Kier molecular flexibility index (Phi) is 4.90. The fraction of sp³-hybridized carbons (Fsp3) is 0.750. The third-order valence-corrected chi connectivity index (χ3v) is 1.96. The molecular weight excluding hydrogens is 180 g/mol. The minimum Gasteiger partial charge on any atom is -0.238 e. The summed E-state index contributed by atoms with van der Waals surface area (Å²) in [6.45, 7) is 2.78. The van der Waals surface area contributed by atoms with Gasteiger partial charge in [-0.1, -0.05) is 0 Å². The third-order valence-electron chi connectivity index (χ3n) is 1.96. The molecule has 0 aliphatic carbocycles. The summed E-state index contributed by atoms with van der Waals surface area (Å²) in [6.07, 6.45) is 1.04. The van der Waals surface area contributed by atoms with Crippen LogP contribution in [-0.4, -0.2) is 36.4 Å². The fourth-order valence-corrected chi connectivity index (χ4v) is 1.17. The standard InChI is InChI=1S/C8H14N6/c9-3-1-5-13-7-12-14(8-11-13)6-2-4-10/h11-12H,1-2,5-8H2. The Morgan fingerprint density at radius 2 is 1.36 bits per heavy atom. The predicted molar refractivity (Wildman–Crippen MR) is 49.9 cm³/mol. The summed E-state index contributed by atoms with van der Waals surface area (Å²) in [5.41, 5.74) is 6.30. The van der Waals surface area contributed by atoms with Crippen LogP contribution in [0.3, 0.4) is 0 Å². The number of hydrazine groups is 2. The molecule has 1 saturated heterocycles. The number of nitrogens with one attached hydrogen (secondary N) is 2. The van der Waals surface area contributed by atoms with E-state index in [2.05, 4.69) is 23.0 Å². The van der Waals surface area contributed by atoms with Crippen LogP contribution >= 0.6 is 0 Å². The zero-order chi connectivity index (χ0) is 10.2. The Morgan fingerprint density at radius 1 is 0.929 bits per heavy atom. The molecule has 14 heavy (non-hydrogen) atoms. The normalized spacial score (nSPS) is 18.7. The summed E-state index contributed by atoms with van der Waals surface area (Å²) in [5, 5.41) is 20.7. The topological polar surface area (TPSA) is 78.1 Å². The van der Waals surface area contributed by atoms with Crippen molar-refractivity contribution in [2.75, 3.05) is 26.4 Å². The highest BCUT2D eigenvalue weighted by Gasteiger charge is 2.13. The molecule has 6 nitrogen and oxygen atoms in total. The van der Waals surface area contributed by atoms with Crippen molar-refractivity contribution in [3.63, 3.8) is 0 Å². The highest BCUT2D eigenvalue weighted by atomic mass is 15.7. The van der Waals surface area contributed by atoms with Gasteiger partial charge in [-0.15, -0.1) is 0 Å². The second-order valence-corrected chi connectivity index (χ2v) is 2.98. The first-order valence-electron chi connectivity index (χ1n) is 4.57. The van der Waals surface area contributed by atoms with Gasteiger partial charge in [-0.2, -0.15) is 10.5 Å². The van der Waals surface area contributed by atoms with Gasteiger partial charge in [-0.05, 0) is 0 Å². The van der Waals surface area contributed by atoms with E-state index in [4.69, 9.17) is 10.5 Å². The zero-order valence-electron chi connectivity index (χ0n) is 8.03. The van der Waals surface area contributed by atoms with Gasteiger partial charge in [-0.3, -0.25) is 0 Å². The SMILES string of the molecule is N#CCCN1CNN(CCC#N)CN1. The van der Waals surface area contributed by atoms with E-state index < -0.39 is 0 Å². The Bertz CT molecular complexity index is 205. The molecule has 0 spiro atoms. The van der Waals surface area contributed by atoms with Crippen LogP contribution in [0.4, 0.5) is 0 Å². The highest BCUT2D eigenvalue weighted by Crippen LogP contribution is 1.93. The average molecular weight is 194 g/mol. The Hall–Kier alpha value is -1.18. The lowest BCUT2D eigenvalue weighted by Crippen LogP contribution is -2.60. The van der Waals surface area contributed by atoms with Crippen LogP contribution in [0.5, 0.6) is 0 Å². The lowest BCUT2D eigenvalue weighted by molar-refractivity contribution is 0.00799. The van der Waals surface area contributed by atoms with Crippen molar-refractivity contribution in [1.29, 1.82) is 10.5 Å². The molecule has 0 bridgehead atoms. The molecule has 2 N–H and O–H groups in total. The zero-order valence-corrected chi connectivity index (χ0v) is 8.03. The number of nitrogens with zero attached hydrogens (tertiary/aromatic N) is 4. The van der Waals surface area contributed by atoms with Gasteiger partial charge in [0.05, 0.1) is 25.5 Å². The van der Waals surface area contributed by atoms with Gasteiger partial charge in [0.15, 0.2) is 0 Å². The molecule has 76 valence electrons. The molecule has 0 aromatic heterocycles. The fourth-order valence-electron chi connectivity index (χ4n) is 1.17. The van der Waals surface area contributed by atoms with Gasteiger partial charge in [0, 0.05) is 25.9 Å². The molecule has 0 radical (unpaired) electrons. The van der Waals surface area contributed by atoms with Gasteiger partial charge < -0.3 is 0 Å². The molecule has 0 atom stereocenters. The molecule has 0 aromatic carbocycles. The van der Waals surface area contributed by atoms with Crippen molar-refractivity contribution < 1.29 is 0 Å². The van der Waals surface area contributed by atoms with E-state index in [1.165, 1.54) is 0 Å². The summed E-state index contributed by atoms with van der Waals surface area (Å²) in [4.78, 5) is 0. The summed E-state index contributed by atoms with van der Waals surface area (Å²) in [7, 11) is 0. The van der Waals surface area contributed by atoms with Crippen LogP contribution in [0.25, 0.3) is 0 Å². The Morgan fingerprint density at radius 3 is 1.64 bits per heavy atom. The first-order valence-corrected chi connectivity index (χ1v) is 4.57. The molecule has 6 heteroatoms. The van der Waals surface area contributed by atoms with Crippen molar-refractivity contribution in [2.24, 2.45) is 0 Å². The molecule has 0 saturated carbocycles. The minimum atomic E-state index is 0.521. The van der Waals surface area contributed by atoms with Crippen LogP contribution in [-0.2, 0) is 0 Å². The van der Waals surface area contributed by atoms with Crippen LogP contribution in [0, 0.1) is 22.7 Å². The smallest absolute Gasteiger partial charge is 0.0755 e. The first kappa shape index (κ1) is 10.9. The summed E-state index contributed by atoms with van der Waals surface area (Å²) >= 11 is 0. The van der Waals surface area contributed by atoms with Gasteiger partial charge in [0.1, 0.15) is 0 Å². The molecule has 1 fully saturated rings. The van der Waals surface area contributed by atoms with Crippen LogP contribution in [0.2, 0.25) is 0 Å². The number of hydrogen-bond donors (Lipinski definition) is 2. The van der Waals surface area contributed by atoms with Gasteiger partial charge in [0.2, 0.25) is 0 Å². The highest BCUT2D eigenvalue weighted by molar-refractivity contribution is 4.73. The van der Waals surface area contributed by atoms with E-state index in [1.54, 1.807) is 0 Å².